The maximum Gasteiger partial charge on any atom is 0.315 e. The van der Waals surface area contributed by atoms with Crippen LogP contribution >= 0.6 is 0 Å². The number of carbonyl (C=O) groups excluding carboxylic acids is 1. The number of pyridine rings is 1. The summed E-state index contributed by atoms with van der Waals surface area (Å²) in [6.45, 7) is 6.76. The maximum atomic E-state index is 12.1. The molecule has 4 nitrogen and oxygen atoms in total. The average Bonchev–Trinajstić information content (AvgIpc) is 2.54. The van der Waals surface area contributed by atoms with E-state index in [1.807, 2.05) is 37.3 Å². The molecule has 116 valence electrons. The molecular formula is C18H23N3O. The number of nitrogens with zero attached hydrogens (tertiary/aromatic N) is 1. The molecule has 0 bridgehead atoms. The molecule has 2 amide bonds. The minimum Gasteiger partial charge on any atom is -0.335 e. The fourth-order valence-corrected chi connectivity index (χ4v) is 2.23. The third kappa shape index (κ3) is 4.07. The smallest absolute Gasteiger partial charge is 0.315 e. The van der Waals surface area contributed by atoms with Crippen LogP contribution in [0.15, 0.2) is 54.9 Å². The summed E-state index contributed by atoms with van der Waals surface area (Å²) in [4.78, 5) is 16.1. The van der Waals surface area contributed by atoms with Crippen LogP contribution in [-0.4, -0.2) is 17.1 Å². The van der Waals surface area contributed by atoms with Crippen LogP contribution in [-0.2, 0) is 12.0 Å². The minimum absolute atomic E-state index is 0.00352. The summed E-state index contributed by atoms with van der Waals surface area (Å²) in [6, 6.07) is 13.8. The largest absolute Gasteiger partial charge is 0.335 e. The van der Waals surface area contributed by atoms with Crippen molar-refractivity contribution in [3.05, 3.63) is 66.0 Å². The second-order valence-electron chi connectivity index (χ2n) is 6.00. The zero-order chi connectivity index (χ0) is 16.0. The van der Waals surface area contributed by atoms with Crippen molar-refractivity contribution in [2.45, 2.75) is 38.8 Å². The van der Waals surface area contributed by atoms with Crippen LogP contribution in [0.5, 0.6) is 0 Å². The molecule has 1 heterocycles. The van der Waals surface area contributed by atoms with Gasteiger partial charge in [0, 0.05) is 30.4 Å². The standard InChI is InChI=1S/C18H23N3O/c1-14(18(2,3)16-9-5-4-6-10-16)21-17(22)20-13-15-8-7-11-19-12-15/h4-12,14H,13H2,1-3H3,(H2,20,21,22). The Hall–Kier alpha value is -2.36. The second kappa shape index (κ2) is 7.07. The molecule has 0 aliphatic rings. The van der Waals surface area contributed by atoms with Crippen LogP contribution in [0.3, 0.4) is 0 Å². The molecule has 2 aromatic rings. The van der Waals surface area contributed by atoms with E-state index in [0.29, 0.717) is 6.54 Å². The average molecular weight is 297 g/mol. The molecule has 0 aliphatic carbocycles. The summed E-state index contributed by atoms with van der Waals surface area (Å²) in [7, 11) is 0. The van der Waals surface area contributed by atoms with Gasteiger partial charge in [0.1, 0.15) is 0 Å². The van der Waals surface area contributed by atoms with E-state index in [1.165, 1.54) is 5.56 Å². The molecule has 1 aromatic carbocycles. The third-order valence-corrected chi connectivity index (χ3v) is 4.12. The molecule has 0 radical (unpaired) electrons. The number of aromatic nitrogens is 1. The lowest BCUT2D eigenvalue weighted by Crippen LogP contribution is -2.49. The van der Waals surface area contributed by atoms with E-state index in [0.717, 1.165) is 5.56 Å². The highest BCUT2D eigenvalue weighted by Crippen LogP contribution is 2.26. The van der Waals surface area contributed by atoms with Crippen LogP contribution in [0.25, 0.3) is 0 Å². The van der Waals surface area contributed by atoms with Crippen LogP contribution in [0.4, 0.5) is 4.79 Å². The summed E-state index contributed by atoms with van der Waals surface area (Å²) >= 11 is 0. The van der Waals surface area contributed by atoms with Gasteiger partial charge < -0.3 is 10.6 Å². The van der Waals surface area contributed by atoms with Gasteiger partial charge >= 0.3 is 6.03 Å². The Morgan fingerprint density at radius 3 is 2.55 bits per heavy atom. The van der Waals surface area contributed by atoms with Gasteiger partial charge in [-0.25, -0.2) is 4.79 Å². The third-order valence-electron chi connectivity index (χ3n) is 4.12. The van der Waals surface area contributed by atoms with Gasteiger partial charge in [0.15, 0.2) is 0 Å². The van der Waals surface area contributed by atoms with E-state index in [2.05, 4.69) is 41.6 Å². The zero-order valence-electron chi connectivity index (χ0n) is 13.3. The van der Waals surface area contributed by atoms with E-state index in [4.69, 9.17) is 0 Å². The molecule has 1 unspecified atom stereocenters. The van der Waals surface area contributed by atoms with Crippen molar-refractivity contribution in [2.75, 3.05) is 0 Å². The highest BCUT2D eigenvalue weighted by Gasteiger charge is 2.28. The first-order valence-corrected chi connectivity index (χ1v) is 7.49. The Balaban J connectivity index is 1.91. The molecule has 0 saturated heterocycles. The van der Waals surface area contributed by atoms with E-state index >= 15 is 0 Å². The van der Waals surface area contributed by atoms with Gasteiger partial charge in [-0.3, -0.25) is 4.98 Å². The topological polar surface area (TPSA) is 54.0 Å². The lowest BCUT2D eigenvalue weighted by atomic mass is 9.78. The van der Waals surface area contributed by atoms with Gasteiger partial charge in [0.05, 0.1) is 0 Å². The van der Waals surface area contributed by atoms with Gasteiger partial charge in [-0.1, -0.05) is 50.2 Å². The normalized spacial score (nSPS) is 12.5. The van der Waals surface area contributed by atoms with Crippen LogP contribution in [0.1, 0.15) is 31.9 Å². The molecule has 0 spiro atoms. The first-order chi connectivity index (χ1) is 10.5. The number of carbonyl (C=O) groups is 1. The highest BCUT2D eigenvalue weighted by molar-refractivity contribution is 5.74. The maximum absolute atomic E-state index is 12.1. The predicted octanol–water partition coefficient (Wildman–Crippen LogP) is 3.25. The van der Waals surface area contributed by atoms with Crippen LogP contribution in [0, 0.1) is 0 Å². The number of rotatable bonds is 5. The summed E-state index contributed by atoms with van der Waals surface area (Å²) in [5, 5.41) is 5.88. The first-order valence-electron chi connectivity index (χ1n) is 7.49. The summed E-state index contributed by atoms with van der Waals surface area (Å²) in [6.07, 6.45) is 3.46. The number of urea groups is 1. The molecular weight excluding hydrogens is 274 g/mol. The lowest BCUT2D eigenvalue weighted by Gasteiger charge is -2.33. The lowest BCUT2D eigenvalue weighted by molar-refractivity contribution is 0.231. The van der Waals surface area contributed by atoms with Crippen molar-refractivity contribution in [3.63, 3.8) is 0 Å². The Bertz CT molecular complexity index is 596. The van der Waals surface area contributed by atoms with Crippen molar-refractivity contribution >= 4 is 6.03 Å². The second-order valence-corrected chi connectivity index (χ2v) is 6.00. The highest BCUT2D eigenvalue weighted by atomic mass is 16.2. The summed E-state index contributed by atoms with van der Waals surface area (Å²) < 4.78 is 0. The fourth-order valence-electron chi connectivity index (χ4n) is 2.23. The zero-order valence-corrected chi connectivity index (χ0v) is 13.3. The van der Waals surface area contributed by atoms with Crippen molar-refractivity contribution < 1.29 is 4.79 Å². The quantitative estimate of drug-likeness (QED) is 0.890. The van der Waals surface area contributed by atoms with E-state index in [1.54, 1.807) is 12.4 Å². The van der Waals surface area contributed by atoms with E-state index < -0.39 is 0 Å². The first kappa shape index (κ1) is 16.0. The molecule has 4 heteroatoms. The molecule has 0 aliphatic heterocycles. The number of benzene rings is 1. The number of hydrogen-bond acceptors (Lipinski definition) is 2. The summed E-state index contributed by atoms with van der Waals surface area (Å²) in [5.41, 5.74) is 2.04. The molecule has 22 heavy (non-hydrogen) atoms. The molecule has 0 saturated carbocycles. The Morgan fingerprint density at radius 2 is 1.91 bits per heavy atom. The van der Waals surface area contributed by atoms with E-state index in [9.17, 15) is 4.79 Å². The van der Waals surface area contributed by atoms with E-state index in [-0.39, 0.29) is 17.5 Å². The van der Waals surface area contributed by atoms with Gasteiger partial charge in [0.2, 0.25) is 0 Å². The predicted molar refractivity (Wildman–Crippen MR) is 88.5 cm³/mol. The molecule has 1 atom stereocenters. The van der Waals surface area contributed by atoms with Gasteiger partial charge in [-0.15, -0.1) is 0 Å². The number of amides is 2. The Labute approximate surface area is 132 Å². The van der Waals surface area contributed by atoms with Gasteiger partial charge in [0.25, 0.3) is 0 Å². The van der Waals surface area contributed by atoms with Crippen molar-refractivity contribution in [3.8, 4) is 0 Å². The number of nitrogens with one attached hydrogen (secondary N) is 2. The Kier molecular flexibility index (Phi) is 5.15. The van der Waals surface area contributed by atoms with Gasteiger partial charge in [-0.05, 0) is 24.1 Å². The molecule has 1 aromatic heterocycles. The monoisotopic (exact) mass is 297 g/mol. The van der Waals surface area contributed by atoms with Crippen LogP contribution < -0.4 is 10.6 Å². The SMILES string of the molecule is CC(NC(=O)NCc1cccnc1)C(C)(C)c1ccccc1. The van der Waals surface area contributed by atoms with Crippen molar-refractivity contribution in [1.29, 1.82) is 0 Å². The molecule has 2 rings (SSSR count). The minimum atomic E-state index is -0.166. The number of hydrogen-bond donors (Lipinski definition) is 2. The molecule has 2 N–H and O–H groups in total. The van der Waals surface area contributed by atoms with Crippen molar-refractivity contribution in [1.82, 2.24) is 15.6 Å². The van der Waals surface area contributed by atoms with Crippen LogP contribution in [0.2, 0.25) is 0 Å². The fraction of sp³-hybridized carbons (Fsp3) is 0.333. The summed E-state index contributed by atoms with van der Waals surface area (Å²) in [5.74, 6) is 0. The molecule has 0 fully saturated rings. The Morgan fingerprint density at radius 1 is 1.18 bits per heavy atom. The van der Waals surface area contributed by atoms with Gasteiger partial charge in [-0.2, -0.15) is 0 Å². The van der Waals surface area contributed by atoms with Crippen molar-refractivity contribution in [2.24, 2.45) is 0 Å².